The lowest BCUT2D eigenvalue weighted by Gasteiger charge is -2.25. The highest BCUT2D eigenvalue weighted by molar-refractivity contribution is 8.00. The van der Waals surface area contributed by atoms with Gasteiger partial charge in [-0.1, -0.05) is 68.4 Å². The minimum atomic E-state index is -0.209. The molecule has 1 fully saturated rings. The number of carbonyl (C=O) groups is 2. The number of anilines is 2. The van der Waals surface area contributed by atoms with Crippen LogP contribution in [0, 0.1) is 0 Å². The van der Waals surface area contributed by atoms with Gasteiger partial charge in [0, 0.05) is 11.4 Å². The van der Waals surface area contributed by atoms with Crippen molar-refractivity contribution in [3.63, 3.8) is 0 Å². The first-order valence-electron chi connectivity index (χ1n) is 11.1. The van der Waals surface area contributed by atoms with Gasteiger partial charge < -0.3 is 10.1 Å². The van der Waals surface area contributed by atoms with Crippen LogP contribution in [0.1, 0.15) is 41.8 Å². The first-order chi connectivity index (χ1) is 16.0. The fraction of sp³-hybridized carbons (Fsp3) is 0.259. The lowest BCUT2D eigenvalue weighted by molar-refractivity contribution is -0.121. The van der Waals surface area contributed by atoms with E-state index >= 15 is 0 Å². The average molecular weight is 461 g/mol. The van der Waals surface area contributed by atoms with E-state index < -0.39 is 0 Å². The van der Waals surface area contributed by atoms with Gasteiger partial charge in [0.1, 0.15) is 12.0 Å². The summed E-state index contributed by atoms with van der Waals surface area (Å²) in [4.78, 5) is 26.9. The number of hydrogen-bond donors (Lipinski definition) is 1. The minimum Gasteiger partial charge on any atom is -0.367 e. The molecule has 0 bridgehead atoms. The van der Waals surface area contributed by atoms with E-state index in [2.05, 4.69) is 31.3 Å². The Hall–Kier alpha value is -3.09. The standard InChI is InChI=1S/C27H28N2O3S/c1-19(2)21-11-13-24(14-12-21)29-26(31)18-33-27(29)22-9-6-10-23(15-22)28-25(30)17-32-16-20-7-4-3-5-8-20/h3-15,19,27H,16-18H2,1-2H3,(H,28,30). The van der Waals surface area contributed by atoms with E-state index in [0.29, 0.717) is 24.0 Å². The zero-order chi connectivity index (χ0) is 23.2. The molecule has 4 rings (SSSR count). The molecule has 2 amide bonds. The number of rotatable bonds is 8. The summed E-state index contributed by atoms with van der Waals surface area (Å²) in [5.74, 6) is 0.751. The van der Waals surface area contributed by atoms with Gasteiger partial charge in [-0.2, -0.15) is 0 Å². The summed E-state index contributed by atoms with van der Waals surface area (Å²) in [5.41, 5.74) is 4.83. The molecule has 1 unspecified atom stereocenters. The van der Waals surface area contributed by atoms with E-state index in [4.69, 9.17) is 4.74 Å². The summed E-state index contributed by atoms with van der Waals surface area (Å²) in [6.45, 7) is 4.67. The van der Waals surface area contributed by atoms with Gasteiger partial charge in [0.05, 0.1) is 12.4 Å². The van der Waals surface area contributed by atoms with Crippen molar-refractivity contribution in [2.24, 2.45) is 0 Å². The first-order valence-corrected chi connectivity index (χ1v) is 12.1. The van der Waals surface area contributed by atoms with Gasteiger partial charge in [0.25, 0.3) is 0 Å². The largest absolute Gasteiger partial charge is 0.367 e. The SMILES string of the molecule is CC(C)c1ccc(N2C(=O)CSC2c2cccc(NC(=O)COCc3ccccc3)c2)cc1. The van der Waals surface area contributed by atoms with Gasteiger partial charge in [0.2, 0.25) is 11.8 Å². The first kappa shape index (κ1) is 23.1. The van der Waals surface area contributed by atoms with Gasteiger partial charge in [0.15, 0.2) is 0 Å². The van der Waals surface area contributed by atoms with Crippen LogP contribution in [0.2, 0.25) is 0 Å². The van der Waals surface area contributed by atoms with Crippen LogP contribution in [0.4, 0.5) is 11.4 Å². The number of thioether (sulfide) groups is 1. The van der Waals surface area contributed by atoms with E-state index in [1.165, 1.54) is 5.56 Å². The summed E-state index contributed by atoms with van der Waals surface area (Å²) < 4.78 is 5.53. The van der Waals surface area contributed by atoms with Crippen molar-refractivity contribution in [1.29, 1.82) is 0 Å². The Morgan fingerprint density at radius 2 is 1.82 bits per heavy atom. The van der Waals surface area contributed by atoms with Gasteiger partial charge in [-0.25, -0.2) is 0 Å². The molecule has 1 aliphatic heterocycles. The third-order valence-electron chi connectivity index (χ3n) is 5.51. The second-order valence-electron chi connectivity index (χ2n) is 8.33. The highest BCUT2D eigenvalue weighted by atomic mass is 32.2. The number of nitrogens with zero attached hydrogens (tertiary/aromatic N) is 1. The molecule has 1 aliphatic rings. The van der Waals surface area contributed by atoms with Crippen molar-refractivity contribution in [3.8, 4) is 0 Å². The lowest BCUT2D eigenvalue weighted by Crippen LogP contribution is -2.27. The molecule has 0 radical (unpaired) electrons. The smallest absolute Gasteiger partial charge is 0.250 e. The number of hydrogen-bond acceptors (Lipinski definition) is 4. The van der Waals surface area contributed by atoms with E-state index in [1.807, 2.05) is 71.6 Å². The molecule has 0 spiro atoms. The van der Waals surface area contributed by atoms with Crippen molar-refractivity contribution in [3.05, 3.63) is 95.6 Å². The summed E-state index contributed by atoms with van der Waals surface area (Å²) in [6.07, 6.45) is 0. The minimum absolute atomic E-state index is 0.0237. The van der Waals surface area contributed by atoms with Crippen LogP contribution in [0.5, 0.6) is 0 Å². The Balaban J connectivity index is 1.41. The molecule has 1 saturated heterocycles. The molecule has 1 heterocycles. The molecule has 170 valence electrons. The predicted octanol–water partition coefficient (Wildman–Crippen LogP) is 5.74. The number of benzene rings is 3. The molecule has 6 heteroatoms. The molecule has 0 aliphatic carbocycles. The molecule has 0 aromatic heterocycles. The topological polar surface area (TPSA) is 58.6 Å². The van der Waals surface area contributed by atoms with E-state index in [-0.39, 0.29) is 23.8 Å². The van der Waals surface area contributed by atoms with Crippen molar-refractivity contribution in [2.45, 2.75) is 31.7 Å². The molecule has 0 saturated carbocycles. The maximum Gasteiger partial charge on any atom is 0.250 e. The predicted molar refractivity (Wildman–Crippen MR) is 134 cm³/mol. The Labute approximate surface area is 199 Å². The van der Waals surface area contributed by atoms with Gasteiger partial charge in [-0.15, -0.1) is 11.8 Å². The fourth-order valence-electron chi connectivity index (χ4n) is 3.77. The number of nitrogens with one attached hydrogen (secondary N) is 1. The second-order valence-corrected chi connectivity index (χ2v) is 9.39. The van der Waals surface area contributed by atoms with Crippen LogP contribution in [0.3, 0.4) is 0 Å². The highest BCUT2D eigenvalue weighted by Crippen LogP contribution is 2.42. The van der Waals surface area contributed by atoms with Crippen LogP contribution in [0.15, 0.2) is 78.9 Å². The Bertz CT molecular complexity index is 1100. The molecule has 33 heavy (non-hydrogen) atoms. The van der Waals surface area contributed by atoms with Gasteiger partial charge in [-0.05, 0) is 46.9 Å². The quantitative estimate of drug-likeness (QED) is 0.465. The van der Waals surface area contributed by atoms with Crippen molar-refractivity contribution < 1.29 is 14.3 Å². The number of ether oxygens (including phenoxy) is 1. The summed E-state index contributed by atoms with van der Waals surface area (Å²) in [6, 6.07) is 25.6. The third kappa shape index (κ3) is 5.83. The molecule has 1 atom stereocenters. The summed E-state index contributed by atoms with van der Waals surface area (Å²) >= 11 is 1.60. The Kier molecular flexibility index (Phi) is 7.47. The maximum absolute atomic E-state index is 12.7. The monoisotopic (exact) mass is 460 g/mol. The van der Waals surface area contributed by atoms with Crippen molar-refractivity contribution >= 4 is 35.0 Å². The zero-order valence-electron chi connectivity index (χ0n) is 18.9. The lowest BCUT2D eigenvalue weighted by atomic mass is 10.0. The van der Waals surface area contributed by atoms with E-state index in [0.717, 1.165) is 16.8 Å². The number of amides is 2. The zero-order valence-corrected chi connectivity index (χ0v) is 19.7. The van der Waals surface area contributed by atoms with Crippen LogP contribution < -0.4 is 10.2 Å². The van der Waals surface area contributed by atoms with Crippen LogP contribution in [-0.2, 0) is 20.9 Å². The molecular weight excluding hydrogens is 432 g/mol. The Morgan fingerprint density at radius 3 is 2.55 bits per heavy atom. The molecule has 1 N–H and O–H groups in total. The molecule has 3 aromatic carbocycles. The summed E-state index contributed by atoms with van der Waals surface area (Å²) in [5, 5.41) is 2.77. The normalized spacial score (nSPS) is 15.8. The van der Waals surface area contributed by atoms with Crippen molar-refractivity contribution in [2.75, 3.05) is 22.6 Å². The Morgan fingerprint density at radius 1 is 1.06 bits per heavy atom. The molecule has 5 nitrogen and oxygen atoms in total. The van der Waals surface area contributed by atoms with Gasteiger partial charge in [-0.3, -0.25) is 14.5 Å². The van der Waals surface area contributed by atoms with E-state index in [1.54, 1.807) is 11.8 Å². The fourth-order valence-corrected chi connectivity index (χ4v) is 4.94. The molecule has 3 aromatic rings. The molecular formula is C27H28N2O3S. The summed E-state index contributed by atoms with van der Waals surface area (Å²) in [7, 11) is 0. The van der Waals surface area contributed by atoms with Gasteiger partial charge >= 0.3 is 0 Å². The van der Waals surface area contributed by atoms with Crippen LogP contribution in [0.25, 0.3) is 0 Å². The second kappa shape index (κ2) is 10.7. The average Bonchev–Trinajstić information content (AvgIpc) is 3.21. The van der Waals surface area contributed by atoms with Crippen LogP contribution in [-0.4, -0.2) is 24.2 Å². The number of carbonyl (C=O) groups excluding carboxylic acids is 2. The highest BCUT2D eigenvalue weighted by Gasteiger charge is 2.34. The third-order valence-corrected chi connectivity index (χ3v) is 6.72. The van der Waals surface area contributed by atoms with Crippen molar-refractivity contribution in [1.82, 2.24) is 0 Å². The van der Waals surface area contributed by atoms with Crippen LogP contribution >= 0.6 is 11.8 Å². The van der Waals surface area contributed by atoms with E-state index in [9.17, 15) is 9.59 Å². The maximum atomic E-state index is 12.7.